The predicted octanol–water partition coefficient (Wildman–Crippen LogP) is 4.17. The summed E-state index contributed by atoms with van der Waals surface area (Å²) in [6.07, 6.45) is 3.50. The molecule has 0 spiro atoms. The van der Waals surface area contributed by atoms with Gasteiger partial charge >= 0.3 is 0 Å². The minimum Gasteiger partial charge on any atom is -0.101 e. The van der Waals surface area contributed by atoms with Gasteiger partial charge in [0.05, 0.1) is 0 Å². The predicted molar refractivity (Wildman–Crippen MR) is 58.2 cm³/mol. The van der Waals surface area contributed by atoms with Gasteiger partial charge in [0.15, 0.2) is 0 Å². The third kappa shape index (κ3) is 1.18. The zero-order valence-corrected chi connectivity index (χ0v) is 9.75. The molecule has 0 bridgehead atoms. The molecule has 3 atom stereocenters. The topological polar surface area (TPSA) is 0 Å². The Morgan fingerprint density at radius 3 is 2.54 bits per heavy atom. The van der Waals surface area contributed by atoms with Crippen molar-refractivity contribution in [1.82, 2.24) is 0 Å². The van der Waals surface area contributed by atoms with E-state index in [-0.39, 0.29) is 5.41 Å². The molecule has 0 aromatic rings. The van der Waals surface area contributed by atoms with Gasteiger partial charge in [-0.3, -0.25) is 0 Å². The fraction of sp³-hybridized carbons (Fsp3) is 0.818. The molecule has 2 aliphatic carbocycles. The molecule has 2 fully saturated rings. The van der Waals surface area contributed by atoms with E-state index in [1.807, 2.05) is 0 Å². The molecule has 0 heterocycles. The molecule has 0 nitrogen and oxygen atoms in total. The van der Waals surface area contributed by atoms with Crippen LogP contribution < -0.4 is 0 Å². The first-order chi connectivity index (χ1) is 5.89. The molecule has 0 aromatic carbocycles. The first kappa shape index (κ1) is 9.86. The zero-order valence-electron chi connectivity index (χ0n) is 8.24. The fourth-order valence-corrected chi connectivity index (χ4v) is 3.75. The second-order valence-electron chi connectivity index (χ2n) is 4.91. The molecule has 0 aliphatic heterocycles. The van der Waals surface area contributed by atoms with Crippen molar-refractivity contribution in [2.24, 2.45) is 17.3 Å². The number of hydrogen-bond acceptors (Lipinski definition) is 0. The van der Waals surface area contributed by atoms with Crippen LogP contribution in [0.2, 0.25) is 0 Å². The van der Waals surface area contributed by atoms with E-state index < -0.39 is 4.33 Å². The molecule has 0 aromatic heterocycles. The van der Waals surface area contributed by atoms with Crippen LogP contribution >= 0.6 is 23.2 Å². The van der Waals surface area contributed by atoms with Crippen molar-refractivity contribution in [3.05, 3.63) is 12.2 Å². The summed E-state index contributed by atoms with van der Waals surface area (Å²) in [7, 11) is 0. The van der Waals surface area contributed by atoms with Gasteiger partial charge in [-0.25, -0.2) is 0 Å². The van der Waals surface area contributed by atoms with Gasteiger partial charge in [0.25, 0.3) is 0 Å². The number of halogens is 2. The number of allylic oxidation sites excluding steroid dienone is 1. The summed E-state index contributed by atoms with van der Waals surface area (Å²) in [5, 5.41) is 0. The van der Waals surface area contributed by atoms with Crippen LogP contribution in [0.25, 0.3) is 0 Å². The minimum atomic E-state index is -0.447. The van der Waals surface area contributed by atoms with Gasteiger partial charge in [-0.05, 0) is 32.1 Å². The summed E-state index contributed by atoms with van der Waals surface area (Å²) in [5.74, 6) is 1.15. The van der Waals surface area contributed by atoms with Gasteiger partial charge in [-0.1, -0.05) is 19.1 Å². The van der Waals surface area contributed by atoms with E-state index in [0.29, 0.717) is 11.8 Å². The van der Waals surface area contributed by atoms with E-state index in [2.05, 4.69) is 20.4 Å². The van der Waals surface area contributed by atoms with Crippen LogP contribution in [0.4, 0.5) is 0 Å². The highest BCUT2D eigenvalue weighted by molar-refractivity contribution is 6.51. The van der Waals surface area contributed by atoms with E-state index in [0.717, 1.165) is 12.8 Å². The quantitative estimate of drug-likeness (QED) is 0.458. The summed E-state index contributed by atoms with van der Waals surface area (Å²) >= 11 is 12.5. The van der Waals surface area contributed by atoms with E-state index in [1.54, 1.807) is 0 Å². The largest absolute Gasteiger partial charge is 0.127 e. The number of fused-ring (bicyclic) bond motifs is 1. The van der Waals surface area contributed by atoms with Crippen LogP contribution in [0.1, 0.15) is 33.1 Å². The van der Waals surface area contributed by atoms with Crippen LogP contribution in [0.15, 0.2) is 12.2 Å². The summed E-state index contributed by atoms with van der Waals surface area (Å²) in [5.41, 5.74) is 1.49. The molecular weight excluding hydrogens is 203 g/mol. The summed E-state index contributed by atoms with van der Waals surface area (Å²) in [4.78, 5) is 0. The first-order valence-corrected chi connectivity index (χ1v) is 5.68. The van der Waals surface area contributed by atoms with Crippen LogP contribution in [0.5, 0.6) is 0 Å². The Morgan fingerprint density at radius 1 is 1.46 bits per heavy atom. The molecule has 0 amide bonds. The van der Waals surface area contributed by atoms with Crippen LogP contribution in [0, 0.1) is 17.3 Å². The molecule has 2 saturated carbocycles. The summed E-state index contributed by atoms with van der Waals surface area (Å²) in [6, 6.07) is 0. The van der Waals surface area contributed by atoms with Crippen molar-refractivity contribution in [2.75, 3.05) is 0 Å². The van der Waals surface area contributed by atoms with Crippen molar-refractivity contribution < 1.29 is 0 Å². The Bertz CT molecular complexity index is 257. The average Bonchev–Trinajstić information content (AvgIpc) is 2.46. The molecule has 2 rings (SSSR count). The second kappa shape index (κ2) is 2.67. The number of hydrogen-bond donors (Lipinski definition) is 0. The van der Waals surface area contributed by atoms with Crippen molar-refractivity contribution >= 4 is 23.2 Å². The zero-order chi connectivity index (χ0) is 9.85. The Morgan fingerprint density at radius 2 is 2.08 bits per heavy atom. The van der Waals surface area contributed by atoms with Crippen LogP contribution in [-0.2, 0) is 0 Å². The van der Waals surface area contributed by atoms with Gasteiger partial charge < -0.3 is 0 Å². The molecule has 13 heavy (non-hydrogen) atoms. The fourth-order valence-electron chi connectivity index (χ4n) is 2.75. The smallest absolute Gasteiger partial charge is 0.101 e. The molecule has 2 aliphatic rings. The first-order valence-electron chi connectivity index (χ1n) is 4.93. The highest BCUT2D eigenvalue weighted by Gasteiger charge is 2.73. The summed E-state index contributed by atoms with van der Waals surface area (Å²) < 4.78 is -0.447. The van der Waals surface area contributed by atoms with Gasteiger partial charge in [-0.2, -0.15) is 0 Å². The Balaban J connectivity index is 2.11. The Labute approximate surface area is 90.3 Å². The lowest BCUT2D eigenvalue weighted by molar-refractivity contribution is 0.307. The molecule has 0 saturated heterocycles. The van der Waals surface area contributed by atoms with Crippen molar-refractivity contribution in [2.45, 2.75) is 37.4 Å². The third-order valence-corrected chi connectivity index (χ3v) is 5.50. The summed E-state index contributed by atoms with van der Waals surface area (Å²) in [6.45, 7) is 8.34. The lowest BCUT2D eigenvalue weighted by atomic mass is 9.80. The maximum absolute atomic E-state index is 6.26. The van der Waals surface area contributed by atoms with Gasteiger partial charge in [0, 0.05) is 11.3 Å². The molecule has 1 unspecified atom stereocenters. The average molecular weight is 219 g/mol. The lowest BCUT2D eigenvalue weighted by Gasteiger charge is -2.24. The van der Waals surface area contributed by atoms with Crippen molar-refractivity contribution in [3.63, 3.8) is 0 Å². The molecule has 0 radical (unpaired) electrons. The maximum atomic E-state index is 6.26. The Kier molecular flexibility index (Phi) is 2.02. The van der Waals surface area contributed by atoms with Gasteiger partial charge in [-0.15, -0.1) is 23.2 Å². The monoisotopic (exact) mass is 218 g/mol. The Hall–Kier alpha value is 0.320. The second-order valence-corrected chi connectivity index (χ2v) is 6.30. The lowest BCUT2D eigenvalue weighted by Crippen LogP contribution is -2.14. The molecular formula is C11H16Cl2. The molecule has 2 heteroatoms. The molecule has 0 N–H and O–H groups in total. The maximum Gasteiger partial charge on any atom is 0.127 e. The standard InChI is InChI=1S/C11H16Cl2/c1-7(2)8-4-5-10(3)9(6-8)11(10,12)13/h8-9H,1,4-6H2,2-3H3/t8-,9?,10+/m0/s1. The van der Waals surface area contributed by atoms with E-state index in [9.17, 15) is 0 Å². The number of alkyl halides is 2. The highest BCUT2D eigenvalue weighted by Crippen LogP contribution is 2.75. The van der Waals surface area contributed by atoms with E-state index in [4.69, 9.17) is 23.2 Å². The van der Waals surface area contributed by atoms with Gasteiger partial charge in [0.1, 0.15) is 4.33 Å². The van der Waals surface area contributed by atoms with Gasteiger partial charge in [0.2, 0.25) is 0 Å². The third-order valence-electron chi connectivity index (χ3n) is 4.11. The minimum absolute atomic E-state index is 0.196. The van der Waals surface area contributed by atoms with E-state index >= 15 is 0 Å². The van der Waals surface area contributed by atoms with Crippen LogP contribution in [0.3, 0.4) is 0 Å². The normalized spacial score (nSPS) is 46.8. The number of rotatable bonds is 1. The van der Waals surface area contributed by atoms with Crippen LogP contribution in [-0.4, -0.2) is 4.33 Å². The van der Waals surface area contributed by atoms with E-state index in [1.165, 1.54) is 12.0 Å². The van der Waals surface area contributed by atoms with Crippen molar-refractivity contribution in [1.29, 1.82) is 0 Å². The van der Waals surface area contributed by atoms with Crippen molar-refractivity contribution in [3.8, 4) is 0 Å². The highest BCUT2D eigenvalue weighted by atomic mass is 35.5. The SMILES string of the molecule is C=C(C)[C@H]1CC[C@]2(C)C(C1)C2(Cl)Cl. The molecule has 74 valence electrons.